The second-order valence-electron chi connectivity index (χ2n) is 7.59. The molecule has 1 fully saturated rings. The molecular formula is C19H25N3O5. The molecule has 8 heteroatoms. The lowest BCUT2D eigenvalue weighted by molar-refractivity contribution is -0.128. The van der Waals surface area contributed by atoms with Crippen LogP contribution < -0.4 is 16.0 Å². The molecule has 1 aromatic carbocycles. The fraction of sp³-hybridized carbons (Fsp3) is 0.474. The molecule has 1 atom stereocenters. The molecule has 1 aliphatic carbocycles. The Balaban J connectivity index is 1.90. The predicted molar refractivity (Wildman–Crippen MR) is 99.1 cm³/mol. The van der Waals surface area contributed by atoms with Gasteiger partial charge < -0.3 is 15.4 Å². The quantitative estimate of drug-likeness (QED) is 0.683. The summed E-state index contributed by atoms with van der Waals surface area (Å²) in [5.74, 6) is -1.48. The highest BCUT2D eigenvalue weighted by atomic mass is 16.5. The summed E-state index contributed by atoms with van der Waals surface area (Å²) >= 11 is 0. The highest BCUT2D eigenvalue weighted by molar-refractivity contribution is 5.99. The molecule has 1 unspecified atom stereocenters. The molecule has 1 aliphatic rings. The van der Waals surface area contributed by atoms with Crippen molar-refractivity contribution in [3.63, 3.8) is 0 Å². The van der Waals surface area contributed by atoms with E-state index in [1.54, 1.807) is 32.9 Å². The molecule has 3 N–H and O–H groups in total. The number of urea groups is 1. The van der Waals surface area contributed by atoms with Crippen molar-refractivity contribution in [3.05, 3.63) is 29.8 Å². The van der Waals surface area contributed by atoms with Crippen molar-refractivity contribution in [2.45, 2.75) is 52.2 Å². The number of carbonyl (C=O) groups is 4. The van der Waals surface area contributed by atoms with Gasteiger partial charge in [0.15, 0.2) is 6.10 Å². The van der Waals surface area contributed by atoms with Crippen LogP contribution in [-0.4, -0.2) is 35.5 Å². The van der Waals surface area contributed by atoms with Gasteiger partial charge in [-0.25, -0.2) is 9.59 Å². The molecule has 0 radical (unpaired) electrons. The van der Waals surface area contributed by atoms with Crippen LogP contribution in [0.4, 0.5) is 10.5 Å². The van der Waals surface area contributed by atoms with Gasteiger partial charge in [-0.1, -0.05) is 6.07 Å². The average molecular weight is 375 g/mol. The Kier molecular flexibility index (Phi) is 6.20. The maximum atomic E-state index is 12.2. The number of ether oxygens (including phenoxy) is 1. The molecule has 0 aliphatic heterocycles. The lowest BCUT2D eigenvalue weighted by atomic mass is 10.1. The molecule has 2 rings (SSSR count). The SMILES string of the molecule is CC(OC(=O)c1cccc(NC(=O)C2CC2)c1)C(=O)NC(=O)NC(C)(C)C. The summed E-state index contributed by atoms with van der Waals surface area (Å²) in [7, 11) is 0. The Labute approximate surface area is 158 Å². The molecule has 1 aromatic rings. The Morgan fingerprint density at radius 2 is 1.81 bits per heavy atom. The average Bonchev–Trinajstić information content (AvgIpc) is 3.37. The molecule has 0 aromatic heterocycles. The van der Waals surface area contributed by atoms with Crippen LogP contribution in [0.1, 0.15) is 50.9 Å². The first kappa shape index (κ1) is 20.4. The van der Waals surface area contributed by atoms with Gasteiger partial charge in [0, 0.05) is 17.1 Å². The first-order valence-electron chi connectivity index (χ1n) is 8.80. The van der Waals surface area contributed by atoms with Crippen molar-refractivity contribution in [1.82, 2.24) is 10.6 Å². The summed E-state index contributed by atoms with van der Waals surface area (Å²) in [6, 6.07) is 5.62. The molecule has 4 amide bonds. The molecule has 8 nitrogen and oxygen atoms in total. The molecule has 0 spiro atoms. The van der Waals surface area contributed by atoms with Gasteiger partial charge >= 0.3 is 12.0 Å². The molecular weight excluding hydrogens is 350 g/mol. The van der Waals surface area contributed by atoms with Crippen LogP contribution in [-0.2, 0) is 14.3 Å². The minimum absolute atomic E-state index is 0.0450. The molecule has 1 saturated carbocycles. The molecule has 27 heavy (non-hydrogen) atoms. The number of nitrogens with one attached hydrogen (secondary N) is 3. The zero-order chi connectivity index (χ0) is 20.2. The third-order valence-corrected chi connectivity index (χ3v) is 3.69. The zero-order valence-electron chi connectivity index (χ0n) is 15.9. The van der Waals surface area contributed by atoms with Crippen molar-refractivity contribution in [2.75, 3.05) is 5.32 Å². The Hall–Kier alpha value is -2.90. The number of hydrogen-bond acceptors (Lipinski definition) is 5. The van der Waals surface area contributed by atoms with Gasteiger partial charge in [-0.15, -0.1) is 0 Å². The molecule has 146 valence electrons. The standard InChI is InChI=1S/C19H25N3O5/c1-11(15(23)21-18(26)22-19(2,3)4)27-17(25)13-6-5-7-14(10-13)20-16(24)12-8-9-12/h5-7,10-12H,8-9H2,1-4H3,(H,20,24)(H2,21,22,23,26). The fourth-order valence-corrected chi connectivity index (χ4v) is 2.18. The van der Waals surface area contributed by atoms with Gasteiger partial charge in [0.1, 0.15) is 0 Å². The number of carbonyl (C=O) groups excluding carboxylic acids is 4. The van der Waals surface area contributed by atoms with Crippen LogP contribution >= 0.6 is 0 Å². The van der Waals surface area contributed by atoms with Crippen LogP contribution in [0.5, 0.6) is 0 Å². The van der Waals surface area contributed by atoms with E-state index in [1.165, 1.54) is 19.1 Å². The largest absolute Gasteiger partial charge is 0.449 e. The van der Waals surface area contributed by atoms with E-state index in [0.29, 0.717) is 5.69 Å². The third-order valence-electron chi connectivity index (χ3n) is 3.69. The van der Waals surface area contributed by atoms with E-state index < -0.39 is 29.6 Å². The maximum absolute atomic E-state index is 12.2. The van der Waals surface area contributed by atoms with Gasteiger partial charge in [0.25, 0.3) is 5.91 Å². The number of imide groups is 1. The van der Waals surface area contributed by atoms with E-state index in [2.05, 4.69) is 16.0 Å². The first-order valence-corrected chi connectivity index (χ1v) is 8.80. The molecule has 0 bridgehead atoms. The second-order valence-corrected chi connectivity index (χ2v) is 7.59. The van der Waals surface area contributed by atoms with Gasteiger partial charge in [-0.2, -0.15) is 0 Å². The third kappa shape index (κ3) is 6.73. The van der Waals surface area contributed by atoms with Crippen molar-refractivity contribution >= 4 is 29.5 Å². The predicted octanol–water partition coefficient (Wildman–Crippen LogP) is 2.20. The summed E-state index contributed by atoms with van der Waals surface area (Å²) in [6.45, 7) is 6.69. The normalized spacial score (nSPS) is 14.7. The van der Waals surface area contributed by atoms with Gasteiger partial charge in [-0.3, -0.25) is 14.9 Å². The number of esters is 1. The lowest BCUT2D eigenvalue weighted by Gasteiger charge is -2.21. The van der Waals surface area contributed by atoms with Crippen LogP contribution in [0.2, 0.25) is 0 Å². The topological polar surface area (TPSA) is 114 Å². The number of anilines is 1. The zero-order valence-corrected chi connectivity index (χ0v) is 15.9. The van der Waals surface area contributed by atoms with Crippen LogP contribution in [0.3, 0.4) is 0 Å². The molecule has 0 saturated heterocycles. The van der Waals surface area contributed by atoms with Gasteiger partial charge in [0.05, 0.1) is 5.56 Å². The Morgan fingerprint density at radius 3 is 2.41 bits per heavy atom. The smallest absolute Gasteiger partial charge is 0.338 e. The monoisotopic (exact) mass is 375 g/mol. The van der Waals surface area contributed by atoms with Crippen molar-refractivity contribution < 1.29 is 23.9 Å². The highest BCUT2D eigenvalue weighted by Crippen LogP contribution is 2.30. The summed E-state index contributed by atoms with van der Waals surface area (Å²) in [5.41, 5.74) is 0.181. The minimum Gasteiger partial charge on any atom is -0.449 e. The van der Waals surface area contributed by atoms with E-state index in [0.717, 1.165) is 12.8 Å². The summed E-state index contributed by atoms with van der Waals surface area (Å²) in [5, 5.41) is 7.45. The first-order chi connectivity index (χ1) is 12.5. The number of hydrogen-bond donors (Lipinski definition) is 3. The Bertz CT molecular complexity index is 750. The highest BCUT2D eigenvalue weighted by Gasteiger charge is 2.29. The van der Waals surface area contributed by atoms with E-state index in [1.807, 2.05) is 0 Å². The summed E-state index contributed by atoms with van der Waals surface area (Å²) in [6.07, 6.45) is 0.597. The van der Waals surface area contributed by atoms with Crippen molar-refractivity contribution in [2.24, 2.45) is 5.92 Å². The van der Waals surface area contributed by atoms with Crippen LogP contribution in [0.15, 0.2) is 24.3 Å². The van der Waals surface area contributed by atoms with E-state index >= 15 is 0 Å². The number of rotatable bonds is 5. The Morgan fingerprint density at radius 1 is 1.15 bits per heavy atom. The van der Waals surface area contributed by atoms with Gasteiger partial charge in [0.2, 0.25) is 5.91 Å². The number of amides is 4. The van der Waals surface area contributed by atoms with E-state index in [9.17, 15) is 19.2 Å². The second kappa shape index (κ2) is 8.20. The maximum Gasteiger partial charge on any atom is 0.338 e. The van der Waals surface area contributed by atoms with Gasteiger partial charge in [-0.05, 0) is 58.7 Å². The van der Waals surface area contributed by atoms with E-state index in [4.69, 9.17) is 4.74 Å². The minimum atomic E-state index is -1.16. The van der Waals surface area contributed by atoms with Crippen LogP contribution in [0.25, 0.3) is 0 Å². The number of benzene rings is 1. The summed E-state index contributed by atoms with van der Waals surface area (Å²) < 4.78 is 5.11. The summed E-state index contributed by atoms with van der Waals surface area (Å²) in [4.78, 5) is 47.8. The van der Waals surface area contributed by atoms with Crippen LogP contribution in [0, 0.1) is 5.92 Å². The lowest BCUT2D eigenvalue weighted by Crippen LogP contribution is -2.50. The van der Waals surface area contributed by atoms with Crippen molar-refractivity contribution in [1.29, 1.82) is 0 Å². The molecule has 0 heterocycles. The van der Waals surface area contributed by atoms with Crippen molar-refractivity contribution in [3.8, 4) is 0 Å². The van der Waals surface area contributed by atoms with E-state index in [-0.39, 0.29) is 17.4 Å². The fourth-order valence-electron chi connectivity index (χ4n) is 2.18.